The van der Waals surface area contributed by atoms with Crippen LogP contribution in [0.25, 0.3) is 0 Å². The monoisotopic (exact) mass is 225 g/mol. The summed E-state index contributed by atoms with van der Waals surface area (Å²) in [5, 5.41) is 11.3. The molecule has 1 rings (SSSR count). The summed E-state index contributed by atoms with van der Waals surface area (Å²) in [6.45, 7) is 5.27. The number of aromatic nitrogens is 2. The first-order valence-corrected chi connectivity index (χ1v) is 6.28. The minimum Gasteiger partial charge on any atom is -0.425 e. The fourth-order valence-electron chi connectivity index (χ4n) is 1.85. The summed E-state index contributed by atoms with van der Waals surface area (Å²) in [6.07, 6.45) is 5.43. The number of likely N-dealkylation sites (N-methyl/N-ethyl adjacent to an activating group) is 1. The first-order chi connectivity index (χ1) is 7.81. The van der Waals surface area contributed by atoms with Crippen molar-refractivity contribution in [1.29, 1.82) is 0 Å². The molecule has 4 heteroatoms. The molecule has 1 heterocycles. The number of nitrogens with one attached hydrogen (secondary N) is 1. The van der Waals surface area contributed by atoms with Crippen molar-refractivity contribution in [3.8, 4) is 0 Å². The number of nitrogens with zero attached hydrogens (tertiary/aromatic N) is 2. The van der Waals surface area contributed by atoms with Gasteiger partial charge >= 0.3 is 0 Å². The summed E-state index contributed by atoms with van der Waals surface area (Å²) in [4.78, 5) is 0. The molecule has 16 heavy (non-hydrogen) atoms. The highest BCUT2D eigenvalue weighted by atomic mass is 16.4. The summed E-state index contributed by atoms with van der Waals surface area (Å²) < 4.78 is 5.69. The molecule has 4 nitrogen and oxygen atoms in total. The number of hydrogen-bond donors (Lipinski definition) is 1. The number of hydrogen-bond acceptors (Lipinski definition) is 4. The van der Waals surface area contributed by atoms with Gasteiger partial charge in [0, 0.05) is 18.9 Å². The van der Waals surface area contributed by atoms with E-state index < -0.39 is 0 Å². The Morgan fingerprint density at radius 1 is 1.19 bits per heavy atom. The first kappa shape index (κ1) is 13.2. The molecule has 1 aromatic rings. The highest BCUT2D eigenvalue weighted by Gasteiger charge is 2.16. The third kappa shape index (κ3) is 3.93. The van der Waals surface area contributed by atoms with E-state index in [1.165, 1.54) is 12.8 Å². The second-order valence-corrected chi connectivity index (χ2v) is 4.16. The molecule has 0 bridgehead atoms. The molecular formula is C12H23N3O. The van der Waals surface area contributed by atoms with Crippen LogP contribution in [-0.2, 0) is 6.42 Å². The van der Waals surface area contributed by atoms with E-state index in [-0.39, 0.29) is 0 Å². The van der Waals surface area contributed by atoms with E-state index in [1.54, 1.807) is 0 Å². The average Bonchev–Trinajstić information content (AvgIpc) is 2.74. The van der Waals surface area contributed by atoms with Crippen LogP contribution in [0.1, 0.15) is 57.2 Å². The van der Waals surface area contributed by atoms with Gasteiger partial charge in [-0.2, -0.15) is 0 Å². The van der Waals surface area contributed by atoms with Crippen LogP contribution in [0.3, 0.4) is 0 Å². The predicted molar refractivity (Wildman–Crippen MR) is 64.5 cm³/mol. The van der Waals surface area contributed by atoms with Gasteiger partial charge in [0.15, 0.2) is 0 Å². The van der Waals surface area contributed by atoms with Crippen molar-refractivity contribution in [2.45, 2.75) is 51.9 Å². The van der Waals surface area contributed by atoms with Gasteiger partial charge in [-0.3, -0.25) is 0 Å². The van der Waals surface area contributed by atoms with Crippen molar-refractivity contribution in [2.24, 2.45) is 0 Å². The molecule has 0 spiro atoms. The molecule has 0 aliphatic heterocycles. The highest BCUT2D eigenvalue weighted by molar-refractivity contribution is 4.91. The molecule has 0 aliphatic carbocycles. The lowest BCUT2D eigenvalue weighted by atomic mass is 9.98. The number of rotatable bonds is 8. The molecule has 0 atom stereocenters. The Morgan fingerprint density at radius 3 is 2.44 bits per heavy atom. The van der Waals surface area contributed by atoms with E-state index in [1.807, 2.05) is 7.05 Å². The van der Waals surface area contributed by atoms with Gasteiger partial charge in [-0.05, 0) is 19.9 Å². The molecule has 0 fully saturated rings. The zero-order valence-corrected chi connectivity index (χ0v) is 10.6. The Morgan fingerprint density at radius 2 is 1.88 bits per heavy atom. The minimum atomic E-state index is 0.450. The van der Waals surface area contributed by atoms with Crippen LogP contribution in [0.15, 0.2) is 4.42 Å². The molecule has 0 saturated carbocycles. The third-order valence-corrected chi connectivity index (χ3v) is 2.69. The zero-order chi connectivity index (χ0) is 11.8. The predicted octanol–water partition coefficient (Wildman–Crippen LogP) is 2.52. The molecule has 0 aromatic carbocycles. The van der Waals surface area contributed by atoms with Gasteiger partial charge in [0.05, 0.1) is 0 Å². The molecule has 0 aliphatic rings. The van der Waals surface area contributed by atoms with E-state index in [2.05, 4.69) is 29.4 Å². The Hall–Kier alpha value is -0.900. The summed E-state index contributed by atoms with van der Waals surface area (Å²) in [5.74, 6) is 2.03. The Bertz CT molecular complexity index is 280. The van der Waals surface area contributed by atoms with Crippen molar-refractivity contribution in [1.82, 2.24) is 15.5 Å². The largest absolute Gasteiger partial charge is 0.425 e. The molecule has 0 amide bonds. The summed E-state index contributed by atoms with van der Waals surface area (Å²) in [6, 6.07) is 0. The maximum atomic E-state index is 5.69. The van der Waals surface area contributed by atoms with Crippen LogP contribution in [-0.4, -0.2) is 23.8 Å². The van der Waals surface area contributed by atoms with Crippen molar-refractivity contribution in [2.75, 3.05) is 13.6 Å². The lowest BCUT2D eigenvalue weighted by Crippen LogP contribution is -2.10. The molecule has 1 aromatic heterocycles. The second-order valence-electron chi connectivity index (χ2n) is 4.16. The van der Waals surface area contributed by atoms with Crippen LogP contribution in [0.5, 0.6) is 0 Å². The quantitative estimate of drug-likeness (QED) is 0.738. The smallest absolute Gasteiger partial charge is 0.219 e. The van der Waals surface area contributed by atoms with Crippen molar-refractivity contribution in [3.05, 3.63) is 11.8 Å². The van der Waals surface area contributed by atoms with E-state index in [0.717, 1.165) is 37.6 Å². The Kier molecular flexibility index (Phi) is 6.08. The summed E-state index contributed by atoms with van der Waals surface area (Å²) >= 11 is 0. The Labute approximate surface area is 97.8 Å². The lowest BCUT2D eigenvalue weighted by molar-refractivity contribution is 0.387. The van der Waals surface area contributed by atoms with Gasteiger partial charge in [0.2, 0.25) is 11.8 Å². The minimum absolute atomic E-state index is 0.450. The van der Waals surface area contributed by atoms with Gasteiger partial charge in [0.25, 0.3) is 0 Å². The molecular weight excluding hydrogens is 202 g/mol. The molecule has 0 unspecified atom stereocenters. The molecule has 0 saturated heterocycles. The molecule has 1 N–H and O–H groups in total. The van der Waals surface area contributed by atoms with Gasteiger partial charge in [-0.25, -0.2) is 0 Å². The maximum Gasteiger partial charge on any atom is 0.219 e. The Balaban J connectivity index is 2.58. The molecule has 0 radical (unpaired) electrons. The van der Waals surface area contributed by atoms with Gasteiger partial charge in [-0.1, -0.05) is 26.7 Å². The van der Waals surface area contributed by atoms with E-state index in [0.29, 0.717) is 5.92 Å². The second kappa shape index (κ2) is 7.39. The van der Waals surface area contributed by atoms with Gasteiger partial charge in [-0.15, -0.1) is 10.2 Å². The van der Waals surface area contributed by atoms with Crippen LogP contribution < -0.4 is 5.32 Å². The SMILES string of the molecule is CCCC(CCC)c1nnc(CCNC)o1. The van der Waals surface area contributed by atoms with Crippen molar-refractivity contribution < 1.29 is 4.42 Å². The fraction of sp³-hybridized carbons (Fsp3) is 0.833. The standard InChI is InChI=1S/C12H23N3O/c1-4-6-10(7-5-2)12-15-14-11(16-12)8-9-13-3/h10,13H,4-9H2,1-3H3. The van der Waals surface area contributed by atoms with E-state index in [9.17, 15) is 0 Å². The normalized spacial score (nSPS) is 11.2. The maximum absolute atomic E-state index is 5.69. The molecule has 92 valence electrons. The van der Waals surface area contributed by atoms with E-state index in [4.69, 9.17) is 4.42 Å². The highest BCUT2D eigenvalue weighted by Crippen LogP contribution is 2.25. The van der Waals surface area contributed by atoms with Crippen LogP contribution in [0.4, 0.5) is 0 Å². The van der Waals surface area contributed by atoms with Crippen LogP contribution in [0, 0.1) is 0 Å². The van der Waals surface area contributed by atoms with Crippen LogP contribution >= 0.6 is 0 Å². The van der Waals surface area contributed by atoms with Crippen molar-refractivity contribution in [3.63, 3.8) is 0 Å². The summed E-state index contributed by atoms with van der Waals surface area (Å²) in [5.41, 5.74) is 0. The van der Waals surface area contributed by atoms with E-state index >= 15 is 0 Å². The lowest BCUT2D eigenvalue weighted by Gasteiger charge is -2.09. The van der Waals surface area contributed by atoms with Gasteiger partial charge < -0.3 is 9.73 Å². The topological polar surface area (TPSA) is 51.0 Å². The summed E-state index contributed by atoms with van der Waals surface area (Å²) in [7, 11) is 1.92. The van der Waals surface area contributed by atoms with Gasteiger partial charge in [0.1, 0.15) is 0 Å². The average molecular weight is 225 g/mol. The van der Waals surface area contributed by atoms with Crippen LogP contribution in [0.2, 0.25) is 0 Å². The third-order valence-electron chi connectivity index (χ3n) is 2.69. The first-order valence-electron chi connectivity index (χ1n) is 6.28. The fourth-order valence-corrected chi connectivity index (χ4v) is 1.85. The van der Waals surface area contributed by atoms with Crippen molar-refractivity contribution >= 4 is 0 Å². The zero-order valence-electron chi connectivity index (χ0n) is 10.6.